The van der Waals surface area contributed by atoms with Crippen molar-refractivity contribution in [2.45, 2.75) is 24.3 Å². The molecular weight excluding hydrogens is 356 g/mol. The molecule has 0 saturated carbocycles. The standard InChI is InChI=1S/C22H24N2O4/c1-27-13-10-19(25)24-12-11-22(17-8-3-4-9-18(17)23-21(22)26)20(24)15-6-5-7-16(14-15)28-2/h3-9,14,20H,10-13H2,1-2H3,(H,23,26)/t20-,22+/m0/s1. The van der Waals surface area contributed by atoms with Crippen LogP contribution < -0.4 is 10.1 Å². The zero-order chi connectivity index (χ0) is 19.7. The number of nitrogens with zero attached hydrogens (tertiary/aromatic N) is 1. The molecular formula is C22H24N2O4. The topological polar surface area (TPSA) is 67.9 Å². The molecule has 2 amide bonds. The number of hydrogen-bond acceptors (Lipinski definition) is 4. The van der Waals surface area contributed by atoms with Gasteiger partial charge < -0.3 is 19.7 Å². The maximum Gasteiger partial charge on any atom is 0.237 e. The Hall–Kier alpha value is -2.86. The second-order valence-corrected chi connectivity index (χ2v) is 7.23. The van der Waals surface area contributed by atoms with Gasteiger partial charge in [0.1, 0.15) is 11.2 Å². The molecule has 146 valence electrons. The second kappa shape index (κ2) is 7.28. The van der Waals surface area contributed by atoms with E-state index in [0.717, 1.165) is 16.8 Å². The van der Waals surface area contributed by atoms with Gasteiger partial charge >= 0.3 is 0 Å². The summed E-state index contributed by atoms with van der Waals surface area (Å²) in [4.78, 5) is 28.1. The molecule has 1 saturated heterocycles. The van der Waals surface area contributed by atoms with Gasteiger partial charge in [0.15, 0.2) is 0 Å². The number of nitrogens with one attached hydrogen (secondary N) is 1. The fourth-order valence-electron chi connectivity index (χ4n) is 4.56. The van der Waals surface area contributed by atoms with Gasteiger partial charge in [-0.15, -0.1) is 0 Å². The highest BCUT2D eigenvalue weighted by Gasteiger charge is 2.59. The van der Waals surface area contributed by atoms with Crippen LogP contribution in [0.5, 0.6) is 5.75 Å². The summed E-state index contributed by atoms with van der Waals surface area (Å²) in [6.07, 6.45) is 0.868. The van der Waals surface area contributed by atoms with E-state index in [1.54, 1.807) is 14.2 Å². The molecule has 1 N–H and O–H groups in total. The molecule has 1 spiro atoms. The summed E-state index contributed by atoms with van der Waals surface area (Å²) in [5.74, 6) is 0.641. The lowest BCUT2D eigenvalue weighted by Crippen LogP contribution is -2.42. The number of methoxy groups -OCH3 is 2. The number of amides is 2. The van der Waals surface area contributed by atoms with Crippen molar-refractivity contribution in [1.29, 1.82) is 0 Å². The third kappa shape index (κ3) is 2.76. The zero-order valence-corrected chi connectivity index (χ0v) is 16.1. The smallest absolute Gasteiger partial charge is 0.237 e. The first-order valence-corrected chi connectivity index (χ1v) is 9.45. The van der Waals surface area contributed by atoms with Crippen molar-refractivity contribution in [2.24, 2.45) is 0 Å². The third-order valence-electron chi connectivity index (χ3n) is 5.84. The largest absolute Gasteiger partial charge is 0.497 e. The van der Waals surface area contributed by atoms with Gasteiger partial charge in [-0.05, 0) is 35.7 Å². The molecule has 1 fully saturated rings. The van der Waals surface area contributed by atoms with Crippen molar-refractivity contribution < 1.29 is 19.1 Å². The van der Waals surface area contributed by atoms with Crippen molar-refractivity contribution in [1.82, 2.24) is 4.90 Å². The Morgan fingerprint density at radius 3 is 2.82 bits per heavy atom. The lowest BCUT2D eigenvalue weighted by Gasteiger charge is -2.34. The molecule has 0 radical (unpaired) electrons. The molecule has 2 heterocycles. The van der Waals surface area contributed by atoms with Crippen molar-refractivity contribution in [3.8, 4) is 5.75 Å². The van der Waals surface area contributed by atoms with Gasteiger partial charge in [0, 0.05) is 19.3 Å². The Bertz CT molecular complexity index is 913. The number of rotatable bonds is 5. The van der Waals surface area contributed by atoms with E-state index in [0.29, 0.717) is 25.3 Å². The predicted molar refractivity (Wildman–Crippen MR) is 105 cm³/mol. The van der Waals surface area contributed by atoms with Crippen LogP contribution in [0.1, 0.15) is 30.0 Å². The number of likely N-dealkylation sites (tertiary alicyclic amines) is 1. The number of carbonyl (C=O) groups excluding carboxylic acids is 2. The number of carbonyl (C=O) groups is 2. The Balaban J connectivity index is 1.84. The molecule has 0 unspecified atom stereocenters. The van der Waals surface area contributed by atoms with E-state index in [2.05, 4.69) is 5.32 Å². The van der Waals surface area contributed by atoms with E-state index in [9.17, 15) is 9.59 Å². The van der Waals surface area contributed by atoms with Crippen LogP contribution in [0.3, 0.4) is 0 Å². The third-order valence-corrected chi connectivity index (χ3v) is 5.84. The lowest BCUT2D eigenvalue weighted by atomic mass is 9.72. The monoisotopic (exact) mass is 380 g/mol. The summed E-state index contributed by atoms with van der Waals surface area (Å²) in [5.41, 5.74) is 1.88. The maximum absolute atomic E-state index is 13.3. The van der Waals surface area contributed by atoms with Gasteiger partial charge in [-0.1, -0.05) is 30.3 Å². The Kier molecular flexibility index (Phi) is 4.81. The van der Waals surface area contributed by atoms with Crippen LogP contribution in [0.25, 0.3) is 0 Å². The molecule has 0 bridgehead atoms. The summed E-state index contributed by atoms with van der Waals surface area (Å²) in [6.45, 7) is 0.877. The number of para-hydroxylation sites is 1. The van der Waals surface area contributed by atoms with Gasteiger partial charge in [0.25, 0.3) is 0 Å². The quantitative estimate of drug-likeness (QED) is 0.866. The average molecular weight is 380 g/mol. The fourth-order valence-corrected chi connectivity index (χ4v) is 4.56. The predicted octanol–water partition coefficient (Wildman–Crippen LogP) is 2.90. The first-order valence-electron chi connectivity index (χ1n) is 9.45. The molecule has 4 rings (SSSR count). The summed E-state index contributed by atoms with van der Waals surface area (Å²) in [5, 5.41) is 3.03. The number of ether oxygens (including phenoxy) is 2. The van der Waals surface area contributed by atoms with Crippen molar-refractivity contribution in [3.05, 3.63) is 59.7 Å². The minimum Gasteiger partial charge on any atom is -0.497 e. The molecule has 2 aliphatic rings. The van der Waals surface area contributed by atoms with Gasteiger partial charge in [0.05, 0.1) is 26.2 Å². The Morgan fingerprint density at radius 1 is 1.21 bits per heavy atom. The number of fused-ring (bicyclic) bond motifs is 2. The molecule has 6 heteroatoms. The zero-order valence-electron chi connectivity index (χ0n) is 16.1. The fraction of sp³-hybridized carbons (Fsp3) is 0.364. The van der Waals surface area contributed by atoms with E-state index in [1.165, 1.54) is 0 Å². The van der Waals surface area contributed by atoms with Crippen LogP contribution in [-0.2, 0) is 19.7 Å². The molecule has 0 aliphatic carbocycles. The minimum absolute atomic E-state index is 0.0104. The molecule has 2 aromatic carbocycles. The number of benzene rings is 2. The van der Waals surface area contributed by atoms with Crippen LogP contribution in [0.15, 0.2) is 48.5 Å². The second-order valence-electron chi connectivity index (χ2n) is 7.23. The Labute approximate surface area is 164 Å². The summed E-state index contributed by atoms with van der Waals surface area (Å²) in [7, 11) is 3.20. The first kappa shape index (κ1) is 18.5. The van der Waals surface area contributed by atoms with Crippen molar-refractivity contribution in [3.63, 3.8) is 0 Å². The van der Waals surface area contributed by atoms with E-state index < -0.39 is 11.5 Å². The highest BCUT2D eigenvalue weighted by molar-refractivity contribution is 6.07. The van der Waals surface area contributed by atoms with Gasteiger partial charge in [0.2, 0.25) is 11.8 Å². The molecule has 28 heavy (non-hydrogen) atoms. The number of hydrogen-bond donors (Lipinski definition) is 1. The highest BCUT2D eigenvalue weighted by Crippen LogP contribution is 2.55. The van der Waals surface area contributed by atoms with E-state index >= 15 is 0 Å². The van der Waals surface area contributed by atoms with E-state index in [-0.39, 0.29) is 18.2 Å². The normalized spacial score (nSPS) is 23.0. The summed E-state index contributed by atoms with van der Waals surface area (Å²) < 4.78 is 10.5. The summed E-state index contributed by atoms with van der Waals surface area (Å²) >= 11 is 0. The molecule has 2 aliphatic heterocycles. The average Bonchev–Trinajstić information content (AvgIpc) is 3.26. The van der Waals surface area contributed by atoms with Crippen LogP contribution in [0.4, 0.5) is 5.69 Å². The number of anilines is 1. The van der Waals surface area contributed by atoms with E-state index in [4.69, 9.17) is 9.47 Å². The molecule has 2 atom stereocenters. The van der Waals surface area contributed by atoms with Gasteiger partial charge in [-0.2, -0.15) is 0 Å². The first-order chi connectivity index (χ1) is 13.6. The highest BCUT2D eigenvalue weighted by atomic mass is 16.5. The minimum atomic E-state index is -0.800. The molecule has 0 aromatic heterocycles. The van der Waals surface area contributed by atoms with E-state index in [1.807, 2.05) is 53.4 Å². The van der Waals surface area contributed by atoms with Crippen molar-refractivity contribution >= 4 is 17.5 Å². The van der Waals surface area contributed by atoms with Crippen LogP contribution in [-0.4, -0.2) is 44.1 Å². The molecule has 6 nitrogen and oxygen atoms in total. The van der Waals surface area contributed by atoms with Crippen LogP contribution in [0, 0.1) is 0 Å². The maximum atomic E-state index is 13.3. The SMILES string of the molecule is COCCC(=O)N1CC[C@]2(C(=O)Nc3ccccc32)[C@@H]1c1cccc(OC)c1. The van der Waals surface area contributed by atoms with Gasteiger partial charge in [-0.3, -0.25) is 9.59 Å². The van der Waals surface area contributed by atoms with Crippen molar-refractivity contribution in [2.75, 3.05) is 32.7 Å². The Morgan fingerprint density at radius 2 is 2.04 bits per heavy atom. The van der Waals surface area contributed by atoms with Gasteiger partial charge in [-0.25, -0.2) is 0 Å². The molecule has 2 aromatic rings. The van der Waals surface area contributed by atoms with Crippen LogP contribution in [0.2, 0.25) is 0 Å². The summed E-state index contributed by atoms with van der Waals surface area (Å²) in [6, 6.07) is 15.0. The lowest BCUT2D eigenvalue weighted by molar-refractivity contribution is -0.134. The van der Waals surface area contributed by atoms with Crippen LogP contribution >= 0.6 is 0 Å².